The number of aliphatic hydroxyl groups is 1. The van der Waals surface area contributed by atoms with Crippen molar-refractivity contribution in [3.8, 4) is 0 Å². The molecule has 1 fully saturated rings. The molecule has 1 unspecified atom stereocenters. The first-order chi connectivity index (χ1) is 9.96. The fourth-order valence-electron chi connectivity index (χ4n) is 2.44. The first kappa shape index (κ1) is 16.4. The van der Waals surface area contributed by atoms with Crippen LogP contribution in [0.3, 0.4) is 0 Å². The highest BCUT2D eigenvalue weighted by Crippen LogP contribution is 2.17. The molecular weight excluding hydrogens is 266 g/mol. The van der Waals surface area contributed by atoms with Gasteiger partial charge in [0, 0.05) is 6.54 Å². The molecule has 2 rings (SSSR count). The summed E-state index contributed by atoms with van der Waals surface area (Å²) in [7, 11) is 0. The van der Waals surface area contributed by atoms with Gasteiger partial charge in [-0.3, -0.25) is 4.90 Å². The van der Waals surface area contributed by atoms with E-state index in [1.165, 1.54) is 0 Å². The van der Waals surface area contributed by atoms with Gasteiger partial charge in [-0.1, -0.05) is 30.3 Å². The van der Waals surface area contributed by atoms with Crippen LogP contribution in [0, 0.1) is 0 Å². The zero-order chi connectivity index (χ0) is 15.3. The molecule has 118 valence electrons. The van der Waals surface area contributed by atoms with Crippen LogP contribution in [-0.2, 0) is 15.9 Å². The van der Waals surface area contributed by atoms with Crippen molar-refractivity contribution >= 4 is 0 Å². The van der Waals surface area contributed by atoms with Crippen LogP contribution in [0.2, 0.25) is 0 Å². The standard InChI is InChI=1S/C17H27NO3/c1-17(2,3)21-13-18-9-10-20-12-15(18)16(19)11-14-7-5-4-6-8-14/h4-8,15-16,19H,9-13H2,1-3H3/t15-,16?/m1/s1. The Kier molecular flexibility index (Phi) is 5.76. The van der Waals surface area contributed by atoms with E-state index in [0.717, 1.165) is 12.1 Å². The Morgan fingerprint density at radius 2 is 2.05 bits per heavy atom. The van der Waals surface area contributed by atoms with Crippen molar-refractivity contribution in [2.24, 2.45) is 0 Å². The van der Waals surface area contributed by atoms with E-state index >= 15 is 0 Å². The summed E-state index contributed by atoms with van der Waals surface area (Å²) in [6, 6.07) is 10.1. The minimum absolute atomic E-state index is 0.0127. The average Bonchev–Trinajstić information content (AvgIpc) is 2.46. The number of hydrogen-bond donors (Lipinski definition) is 1. The molecule has 0 saturated carbocycles. The normalized spacial score (nSPS) is 22.2. The van der Waals surface area contributed by atoms with E-state index in [0.29, 0.717) is 26.4 Å². The van der Waals surface area contributed by atoms with Crippen molar-refractivity contribution in [1.29, 1.82) is 0 Å². The van der Waals surface area contributed by atoms with Crippen molar-refractivity contribution in [2.45, 2.75) is 44.9 Å². The SMILES string of the molecule is CC(C)(C)OCN1CCOC[C@@H]1C(O)Cc1ccccc1. The number of nitrogens with zero attached hydrogens (tertiary/aromatic N) is 1. The second-order valence-electron chi connectivity index (χ2n) is 6.60. The zero-order valence-corrected chi connectivity index (χ0v) is 13.3. The fourth-order valence-corrected chi connectivity index (χ4v) is 2.44. The number of ether oxygens (including phenoxy) is 2. The van der Waals surface area contributed by atoms with Gasteiger partial charge in [-0.25, -0.2) is 0 Å². The van der Waals surface area contributed by atoms with Gasteiger partial charge in [-0.05, 0) is 32.8 Å². The molecule has 1 saturated heterocycles. The van der Waals surface area contributed by atoms with Crippen LogP contribution in [-0.4, -0.2) is 54.2 Å². The number of aliphatic hydroxyl groups excluding tert-OH is 1. The molecule has 1 aliphatic rings. The lowest BCUT2D eigenvalue weighted by Crippen LogP contribution is -2.53. The van der Waals surface area contributed by atoms with Crippen molar-refractivity contribution in [3.63, 3.8) is 0 Å². The molecule has 1 heterocycles. The molecule has 2 atom stereocenters. The molecular formula is C17H27NO3. The van der Waals surface area contributed by atoms with Crippen LogP contribution in [0.25, 0.3) is 0 Å². The topological polar surface area (TPSA) is 41.9 Å². The summed E-state index contributed by atoms with van der Waals surface area (Å²) in [6.07, 6.45) is 0.192. The molecule has 0 amide bonds. The Bertz CT molecular complexity index is 416. The molecule has 0 aromatic heterocycles. The van der Waals surface area contributed by atoms with Gasteiger partial charge in [0.1, 0.15) is 6.73 Å². The largest absolute Gasteiger partial charge is 0.391 e. The van der Waals surface area contributed by atoms with E-state index in [9.17, 15) is 5.11 Å². The van der Waals surface area contributed by atoms with E-state index < -0.39 is 6.10 Å². The third kappa shape index (κ3) is 5.40. The molecule has 1 aromatic rings. The van der Waals surface area contributed by atoms with Gasteiger partial charge in [0.15, 0.2) is 0 Å². The zero-order valence-electron chi connectivity index (χ0n) is 13.3. The highest BCUT2D eigenvalue weighted by atomic mass is 16.5. The van der Waals surface area contributed by atoms with Gasteiger partial charge in [0.2, 0.25) is 0 Å². The fraction of sp³-hybridized carbons (Fsp3) is 0.647. The van der Waals surface area contributed by atoms with Gasteiger partial charge in [0.05, 0.1) is 31.0 Å². The minimum atomic E-state index is -0.448. The van der Waals surface area contributed by atoms with Crippen LogP contribution in [0.5, 0.6) is 0 Å². The van der Waals surface area contributed by atoms with Crippen LogP contribution >= 0.6 is 0 Å². The minimum Gasteiger partial charge on any atom is -0.391 e. The monoisotopic (exact) mass is 293 g/mol. The van der Waals surface area contributed by atoms with Gasteiger partial charge in [0.25, 0.3) is 0 Å². The maximum absolute atomic E-state index is 10.6. The van der Waals surface area contributed by atoms with E-state index in [1.807, 2.05) is 51.1 Å². The van der Waals surface area contributed by atoms with E-state index in [1.54, 1.807) is 0 Å². The number of hydrogen-bond acceptors (Lipinski definition) is 4. The van der Waals surface area contributed by atoms with E-state index in [-0.39, 0.29) is 11.6 Å². The third-order valence-electron chi connectivity index (χ3n) is 3.68. The molecule has 4 heteroatoms. The predicted molar refractivity (Wildman–Crippen MR) is 83.2 cm³/mol. The Morgan fingerprint density at radius 1 is 1.33 bits per heavy atom. The quantitative estimate of drug-likeness (QED) is 0.902. The van der Waals surface area contributed by atoms with Crippen molar-refractivity contribution in [2.75, 3.05) is 26.5 Å². The van der Waals surface area contributed by atoms with Crippen LogP contribution < -0.4 is 0 Å². The smallest absolute Gasteiger partial charge is 0.100 e. The first-order valence-electron chi connectivity index (χ1n) is 7.63. The molecule has 1 N–H and O–H groups in total. The molecule has 0 radical (unpaired) electrons. The Hall–Kier alpha value is -0.940. The van der Waals surface area contributed by atoms with Gasteiger partial charge in [-0.2, -0.15) is 0 Å². The lowest BCUT2D eigenvalue weighted by Gasteiger charge is -2.39. The number of morpholine rings is 1. The second-order valence-corrected chi connectivity index (χ2v) is 6.60. The molecule has 21 heavy (non-hydrogen) atoms. The molecule has 1 aromatic carbocycles. The summed E-state index contributed by atoms with van der Waals surface area (Å²) in [5, 5.41) is 10.6. The van der Waals surface area contributed by atoms with Gasteiger partial charge < -0.3 is 14.6 Å². The molecule has 0 spiro atoms. The van der Waals surface area contributed by atoms with Gasteiger partial charge in [-0.15, -0.1) is 0 Å². The van der Waals surface area contributed by atoms with Crippen LogP contribution in [0.15, 0.2) is 30.3 Å². The van der Waals surface area contributed by atoms with Crippen LogP contribution in [0.4, 0.5) is 0 Å². The van der Waals surface area contributed by atoms with Crippen molar-refractivity contribution in [1.82, 2.24) is 4.90 Å². The van der Waals surface area contributed by atoms with Crippen LogP contribution in [0.1, 0.15) is 26.3 Å². The molecule has 1 aliphatic heterocycles. The lowest BCUT2D eigenvalue weighted by atomic mass is 10.0. The van der Waals surface area contributed by atoms with Crippen molar-refractivity contribution < 1.29 is 14.6 Å². The second kappa shape index (κ2) is 7.36. The Morgan fingerprint density at radius 3 is 2.71 bits per heavy atom. The van der Waals surface area contributed by atoms with Crippen molar-refractivity contribution in [3.05, 3.63) is 35.9 Å². The molecule has 0 aliphatic carbocycles. The maximum Gasteiger partial charge on any atom is 0.100 e. The average molecular weight is 293 g/mol. The highest BCUT2D eigenvalue weighted by Gasteiger charge is 2.30. The van der Waals surface area contributed by atoms with Gasteiger partial charge >= 0.3 is 0 Å². The summed E-state index contributed by atoms with van der Waals surface area (Å²) in [4.78, 5) is 2.18. The van der Waals surface area contributed by atoms with E-state index in [4.69, 9.17) is 9.47 Å². The van der Waals surface area contributed by atoms with E-state index in [2.05, 4.69) is 4.90 Å². The highest BCUT2D eigenvalue weighted by molar-refractivity contribution is 5.16. The number of benzene rings is 1. The summed E-state index contributed by atoms with van der Waals surface area (Å²) in [6.45, 7) is 8.72. The maximum atomic E-state index is 10.6. The Labute approximate surface area is 127 Å². The summed E-state index contributed by atoms with van der Waals surface area (Å²) < 4.78 is 11.4. The summed E-state index contributed by atoms with van der Waals surface area (Å²) in [5.74, 6) is 0. The lowest BCUT2D eigenvalue weighted by molar-refractivity contribution is -0.132. The summed E-state index contributed by atoms with van der Waals surface area (Å²) in [5.41, 5.74) is 0.972. The third-order valence-corrected chi connectivity index (χ3v) is 3.68. The Balaban J connectivity index is 1.94. The first-order valence-corrected chi connectivity index (χ1v) is 7.63. The summed E-state index contributed by atoms with van der Waals surface area (Å²) >= 11 is 0. The molecule has 4 nitrogen and oxygen atoms in total. The molecule has 0 bridgehead atoms. The number of rotatable bonds is 5. The predicted octanol–water partition coefficient (Wildman–Crippen LogP) is 2.06.